The Labute approximate surface area is 149 Å². The molecule has 1 fully saturated rings. The molecule has 1 saturated heterocycles. The first-order chi connectivity index (χ1) is 11.1. The lowest BCUT2D eigenvalue weighted by atomic mass is 9.79. The first-order valence-corrected chi connectivity index (χ1v) is 7.83. The van der Waals surface area contributed by atoms with Crippen LogP contribution >= 0.6 is 12.4 Å². The number of hydrogen-bond acceptors (Lipinski definition) is 5. The first-order valence-electron chi connectivity index (χ1n) is 7.83. The van der Waals surface area contributed by atoms with Crippen LogP contribution in [0.5, 0.6) is 11.5 Å². The minimum absolute atomic E-state index is 0. The molecule has 0 aromatic heterocycles. The van der Waals surface area contributed by atoms with Gasteiger partial charge in [-0.3, -0.25) is 4.79 Å². The molecule has 2 N–H and O–H groups in total. The maximum Gasteiger partial charge on any atom is 0.251 e. The molecule has 1 aliphatic heterocycles. The summed E-state index contributed by atoms with van der Waals surface area (Å²) in [5, 5.41) is 6.39. The van der Waals surface area contributed by atoms with Gasteiger partial charge in [-0.15, -0.1) is 12.4 Å². The first kappa shape index (κ1) is 20.5. The highest BCUT2D eigenvalue weighted by atomic mass is 35.5. The van der Waals surface area contributed by atoms with Crippen LogP contribution in [0.2, 0.25) is 0 Å². The molecular weight excluding hydrogens is 332 g/mol. The van der Waals surface area contributed by atoms with Crippen LogP contribution in [0, 0.1) is 5.41 Å². The molecule has 0 aliphatic carbocycles. The lowest BCUT2D eigenvalue weighted by Crippen LogP contribution is -2.47. The fourth-order valence-electron chi connectivity index (χ4n) is 2.94. The molecule has 7 heteroatoms. The summed E-state index contributed by atoms with van der Waals surface area (Å²) in [6.45, 7) is 3.15. The Morgan fingerprint density at radius 2 is 1.71 bits per heavy atom. The van der Waals surface area contributed by atoms with Crippen LogP contribution in [0.1, 0.15) is 23.2 Å². The number of amides is 1. The van der Waals surface area contributed by atoms with Crippen molar-refractivity contribution in [1.82, 2.24) is 10.6 Å². The maximum absolute atomic E-state index is 12.5. The second-order valence-corrected chi connectivity index (χ2v) is 5.97. The molecule has 2 rings (SSSR count). The van der Waals surface area contributed by atoms with Crippen LogP contribution in [0.25, 0.3) is 0 Å². The van der Waals surface area contributed by atoms with E-state index in [0.29, 0.717) is 30.2 Å². The molecule has 136 valence electrons. The summed E-state index contributed by atoms with van der Waals surface area (Å²) >= 11 is 0. The summed E-state index contributed by atoms with van der Waals surface area (Å²) < 4.78 is 15.8. The van der Waals surface area contributed by atoms with Gasteiger partial charge < -0.3 is 24.8 Å². The maximum atomic E-state index is 12.5. The van der Waals surface area contributed by atoms with Gasteiger partial charge in [0.1, 0.15) is 11.5 Å². The Balaban J connectivity index is 0.00000288. The average molecular weight is 359 g/mol. The van der Waals surface area contributed by atoms with Gasteiger partial charge in [0.2, 0.25) is 0 Å². The molecule has 1 aliphatic rings. The number of methoxy groups -OCH3 is 3. The van der Waals surface area contributed by atoms with E-state index in [1.165, 1.54) is 0 Å². The van der Waals surface area contributed by atoms with Gasteiger partial charge in [-0.1, -0.05) is 0 Å². The second kappa shape index (κ2) is 9.71. The van der Waals surface area contributed by atoms with Crippen LogP contribution < -0.4 is 20.1 Å². The number of nitrogens with one attached hydrogen (secondary N) is 2. The largest absolute Gasteiger partial charge is 0.497 e. The molecule has 0 spiro atoms. The quantitative estimate of drug-likeness (QED) is 0.778. The molecule has 1 aromatic rings. The monoisotopic (exact) mass is 358 g/mol. The third-order valence-electron chi connectivity index (χ3n) is 4.35. The van der Waals surface area contributed by atoms with Gasteiger partial charge in [-0.05, 0) is 38.1 Å². The van der Waals surface area contributed by atoms with E-state index in [-0.39, 0.29) is 23.7 Å². The Kier molecular flexibility index (Phi) is 8.31. The highest BCUT2D eigenvalue weighted by molar-refractivity contribution is 5.95. The number of halogens is 1. The molecule has 1 aromatic carbocycles. The molecule has 0 radical (unpaired) electrons. The SMILES string of the molecule is COCC1(CNC(=O)c2cc(OC)cc(OC)c2)CCNCC1.Cl. The van der Waals surface area contributed by atoms with E-state index in [9.17, 15) is 4.79 Å². The summed E-state index contributed by atoms with van der Waals surface area (Å²) in [6, 6.07) is 5.17. The lowest BCUT2D eigenvalue weighted by molar-refractivity contribution is 0.0511. The average Bonchev–Trinajstić information content (AvgIpc) is 2.60. The van der Waals surface area contributed by atoms with Crippen molar-refractivity contribution in [1.29, 1.82) is 0 Å². The summed E-state index contributed by atoms with van der Waals surface area (Å²) in [6.07, 6.45) is 1.98. The van der Waals surface area contributed by atoms with Crippen LogP contribution in [0.3, 0.4) is 0 Å². The predicted molar refractivity (Wildman–Crippen MR) is 95.5 cm³/mol. The molecule has 6 nitrogen and oxygen atoms in total. The van der Waals surface area contributed by atoms with Gasteiger partial charge in [0.25, 0.3) is 5.91 Å². The summed E-state index contributed by atoms with van der Waals surface area (Å²) in [7, 11) is 4.84. The molecule has 24 heavy (non-hydrogen) atoms. The minimum Gasteiger partial charge on any atom is -0.497 e. The molecule has 0 saturated carbocycles. The van der Waals surface area contributed by atoms with Crippen LogP contribution in [0.15, 0.2) is 18.2 Å². The number of hydrogen-bond donors (Lipinski definition) is 2. The zero-order valence-corrected chi connectivity index (χ0v) is 15.3. The molecule has 0 bridgehead atoms. The fraction of sp³-hybridized carbons (Fsp3) is 0.588. The number of piperidine rings is 1. The van der Waals surface area contributed by atoms with Crippen molar-refractivity contribution < 1.29 is 19.0 Å². The summed E-state index contributed by atoms with van der Waals surface area (Å²) in [5.74, 6) is 1.07. The number of carbonyl (C=O) groups excluding carboxylic acids is 1. The zero-order valence-electron chi connectivity index (χ0n) is 14.5. The predicted octanol–water partition coefficient (Wildman–Crippen LogP) is 1.87. The van der Waals surface area contributed by atoms with Gasteiger partial charge in [-0.2, -0.15) is 0 Å². The number of carbonyl (C=O) groups is 1. The Hall–Kier alpha value is -1.50. The van der Waals surface area contributed by atoms with Crippen molar-refractivity contribution in [2.45, 2.75) is 12.8 Å². The van der Waals surface area contributed by atoms with Crippen LogP contribution in [-0.4, -0.2) is 53.5 Å². The topological polar surface area (TPSA) is 68.8 Å². The highest BCUT2D eigenvalue weighted by Gasteiger charge is 2.32. The molecule has 1 amide bonds. The smallest absolute Gasteiger partial charge is 0.251 e. The third-order valence-corrected chi connectivity index (χ3v) is 4.35. The van der Waals surface area contributed by atoms with Gasteiger partial charge in [-0.25, -0.2) is 0 Å². The van der Waals surface area contributed by atoms with Crippen molar-refractivity contribution in [3.63, 3.8) is 0 Å². The Morgan fingerprint density at radius 3 is 2.21 bits per heavy atom. The van der Waals surface area contributed by atoms with E-state index >= 15 is 0 Å². The van der Waals surface area contributed by atoms with Gasteiger partial charge in [0.15, 0.2) is 0 Å². The normalized spacial score (nSPS) is 16.0. The van der Waals surface area contributed by atoms with Crippen molar-refractivity contribution in [3.05, 3.63) is 23.8 Å². The number of ether oxygens (including phenoxy) is 3. The Bertz CT molecular complexity index is 506. The highest BCUT2D eigenvalue weighted by Crippen LogP contribution is 2.28. The van der Waals surface area contributed by atoms with Crippen molar-refractivity contribution in [3.8, 4) is 11.5 Å². The zero-order chi connectivity index (χ0) is 16.7. The molecule has 0 atom stereocenters. The van der Waals surface area contributed by atoms with Gasteiger partial charge in [0.05, 0.1) is 20.8 Å². The fourth-order valence-corrected chi connectivity index (χ4v) is 2.94. The van der Waals surface area contributed by atoms with E-state index in [1.807, 2.05) is 0 Å². The lowest BCUT2D eigenvalue weighted by Gasteiger charge is -2.37. The molecule has 1 heterocycles. The Morgan fingerprint density at radius 1 is 1.12 bits per heavy atom. The van der Waals surface area contributed by atoms with Crippen LogP contribution in [-0.2, 0) is 4.74 Å². The van der Waals surface area contributed by atoms with Crippen molar-refractivity contribution >= 4 is 18.3 Å². The van der Waals surface area contributed by atoms with E-state index in [0.717, 1.165) is 25.9 Å². The van der Waals surface area contributed by atoms with E-state index in [2.05, 4.69) is 10.6 Å². The number of benzene rings is 1. The van der Waals surface area contributed by atoms with Gasteiger partial charge >= 0.3 is 0 Å². The number of rotatable bonds is 7. The van der Waals surface area contributed by atoms with E-state index in [1.54, 1.807) is 39.5 Å². The third kappa shape index (κ3) is 5.26. The van der Waals surface area contributed by atoms with Gasteiger partial charge in [0, 0.05) is 30.7 Å². The van der Waals surface area contributed by atoms with E-state index in [4.69, 9.17) is 14.2 Å². The van der Waals surface area contributed by atoms with E-state index < -0.39 is 0 Å². The van der Waals surface area contributed by atoms with Crippen molar-refractivity contribution in [2.75, 3.05) is 47.6 Å². The summed E-state index contributed by atoms with van der Waals surface area (Å²) in [4.78, 5) is 12.5. The molecular formula is C17H27ClN2O4. The minimum atomic E-state index is -0.129. The molecule has 0 unspecified atom stereocenters. The van der Waals surface area contributed by atoms with Crippen molar-refractivity contribution in [2.24, 2.45) is 5.41 Å². The standard InChI is InChI=1S/C17H26N2O4.ClH/c1-21-12-17(4-6-18-7-5-17)11-19-16(20)13-8-14(22-2)10-15(9-13)23-3;/h8-10,18H,4-7,11-12H2,1-3H3,(H,19,20);1H. The summed E-state index contributed by atoms with van der Waals surface area (Å²) in [5.41, 5.74) is 0.529. The second-order valence-electron chi connectivity index (χ2n) is 5.97. The van der Waals surface area contributed by atoms with Crippen LogP contribution in [0.4, 0.5) is 0 Å².